The maximum atomic E-state index is 17.2. The average Bonchev–Trinajstić information content (AvgIpc) is 3.54. The summed E-state index contributed by atoms with van der Waals surface area (Å²) in [5, 5.41) is 0. The van der Waals surface area contributed by atoms with Crippen LogP contribution in [0, 0.1) is 0 Å². The molecular formula is C36H42FN5O6. The number of halogens is 1. The van der Waals surface area contributed by atoms with Gasteiger partial charge in [-0.05, 0) is 58.2 Å². The van der Waals surface area contributed by atoms with E-state index in [-0.39, 0.29) is 48.8 Å². The molecule has 1 aliphatic rings. The maximum absolute atomic E-state index is 17.2. The van der Waals surface area contributed by atoms with E-state index < -0.39 is 41.2 Å². The second-order valence-corrected chi connectivity index (χ2v) is 13.7. The van der Waals surface area contributed by atoms with Crippen LogP contribution in [0.25, 0.3) is 11.2 Å². The van der Waals surface area contributed by atoms with Crippen molar-refractivity contribution in [2.24, 2.45) is 0 Å². The van der Waals surface area contributed by atoms with Crippen molar-refractivity contribution in [1.29, 1.82) is 0 Å². The fourth-order valence-electron chi connectivity index (χ4n) is 5.44. The number of aromatic nitrogens is 4. The van der Waals surface area contributed by atoms with Crippen LogP contribution in [0.2, 0.25) is 0 Å². The molecular weight excluding hydrogens is 617 g/mol. The molecule has 2 aromatic carbocycles. The lowest BCUT2D eigenvalue weighted by atomic mass is 9.98. The van der Waals surface area contributed by atoms with Gasteiger partial charge in [0.25, 0.3) is 0 Å². The number of fused-ring (bicyclic) bond motifs is 1. The van der Waals surface area contributed by atoms with Crippen LogP contribution in [0.4, 0.5) is 19.8 Å². The number of amides is 2. The summed E-state index contributed by atoms with van der Waals surface area (Å²) in [6, 6.07) is 18.4. The number of hydrogen-bond acceptors (Lipinski definition) is 9. The van der Waals surface area contributed by atoms with Crippen molar-refractivity contribution in [3.8, 4) is 0 Å². The van der Waals surface area contributed by atoms with Gasteiger partial charge in [0.05, 0.1) is 32.2 Å². The second kappa shape index (κ2) is 13.8. The Morgan fingerprint density at radius 3 is 2.02 bits per heavy atom. The number of anilines is 1. The van der Waals surface area contributed by atoms with E-state index in [1.54, 1.807) is 46.1 Å². The summed E-state index contributed by atoms with van der Waals surface area (Å²) < 4.78 is 42.1. The van der Waals surface area contributed by atoms with Crippen molar-refractivity contribution in [3.05, 3.63) is 96.6 Å². The smallest absolute Gasteiger partial charge is 0.425 e. The van der Waals surface area contributed by atoms with Gasteiger partial charge in [-0.2, -0.15) is 4.90 Å². The van der Waals surface area contributed by atoms with Crippen LogP contribution in [0.5, 0.6) is 0 Å². The van der Waals surface area contributed by atoms with Crippen molar-refractivity contribution in [1.82, 2.24) is 19.5 Å². The van der Waals surface area contributed by atoms with E-state index in [0.717, 1.165) is 11.1 Å². The van der Waals surface area contributed by atoms with Crippen LogP contribution in [-0.4, -0.2) is 61.3 Å². The molecule has 5 rings (SSSR count). The summed E-state index contributed by atoms with van der Waals surface area (Å²) in [6.07, 6.45) is -0.0435. The third kappa shape index (κ3) is 7.88. The molecule has 1 fully saturated rings. The van der Waals surface area contributed by atoms with Crippen molar-refractivity contribution in [2.75, 3.05) is 11.5 Å². The fraction of sp³-hybridized carbons (Fsp3) is 0.417. The van der Waals surface area contributed by atoms with Gasteiger partial charge in [0, 0.05) is 6.42 Å². The molecule has 2 aromatic heterocycles. The Bertz CT molecular complexity index is 1720. The minimum Gasteiger partial charge on any atom is -0.443 e. The highest BCUT2D eigenvalue weighted by Gasteiger charge is 2.53. The monoisotopic (exact) mass is 659 g/mol. The van der Waals surface area contributed by atoms with Gasteiger partial charge in [-0.25, -0.2) is 28.9 Å². The quantitative estimate of drug-likeness (QED) is 0.168. The molecule has 0 unspecified atom stereocenters. The Kier molecular flexibility index (Phi) is 9.97. The Morgan fingerprint density at radius 1 is 0.896 bits per heavy atom. The lowest BCUT2D eigenvalue weighted by molar-refractivity contribution is -0.0763. The first-order chi connectivity index (χ1) is 22.7. The van der Waals surface area contributed by atoms with Crippen LogP contribution < -0.4 is 4.90 Å². The SMILES string of the molecule is C=C1[C@H](n2cnc3c(N(C(=O)OC(C)(C)C)C(=O)OC(C)(C)C)ncnc32)C[C@H](OCc2ccccc2)[C@]1(F)COCc1ccccc1. The Labute approximate surface area is 279 Å². The summed E-state index contributed by atoms with van der Waals surface area (Å²) in [5.41, 5.74) is -1.51. The molecule has 0 spiro atoms. The number of ether oxygens (including phenoxy) is 4. The van der Waals surface area contributed by atoms with Crippen molar-refractivity contribution >= 4 is 29.2 Å². The highest BCUT2D eigenvalue weighted by atomic mass is 19.1. The van der Waals surface area contributed by atoms with Crippen LogP contribution in [0.1, 0.15) is 65.1 Å². The number of benzene rings is 2. The molecule has 12 heteroatoms. The zero-order valence-corrected chi connectivity index (χ0v) is 28.2. The highest BCUT2D eigenvalue weighted by Crippen LogP contribution is 2.48. The van der Waals surface area contributed by atoms with Crippen molar-refractivity contribution in [3.63, 3.8) is 0 Å². The average molecular weight is 660 g/mol. The lowest BCUT2D eigenvalue weighted by Crippen LogP contribution is -2.44. The number of imidazole rings is 1. The normalized spacial score (nSPS) is 19.8. The third-order valence-electron chi connectivity index (χ3n) is 7.64. The number of rotatable bonds is 9. The van der Waals surface area contributed by atoms with E-state index in [0.29, 0.717) is 4.90 Å². The zero-order valence-electron chi connectivity index (χ0n) is 28.2. The van der Waals surface area contributed by atoms with E-state index in [4.69, 9.17) is 18.9 Å². The predicted molar refractivity (Wildman–Crippen MR) is 178 cm³/mol. The van der Waals surface area contributed by atoms with Gasteiger partial charge in [0.15, 0.2) is 22.7 Å². The topological polar surface area (TPSA) is 118 Å². The first-order valence-electron chi connectivity index (χ1n) is 15.8. The molecule has 1 aliphatic carbocycles. The van der Waals surface area contributed by atoms with Gasteiger partial charge in [-0.15, -0.1) is 0 Å². The molecule has 2 heterocycles. The molecule has 0 bridgehead atoms. The molecule has 0 saturated heterocycles. The first-order valence-corrected chi connectivity index (χ1v) is 15.8. The maximum Gasteiger partial charge on any atom is 0.425 e. The number of alkyl halides is 1. The lowest BCUT2D eigenvalue weighted by Gasteiger charge is -2.28. The number of carbonyl (C=O) groups excluding carboxylic acids is 2. The van der Waals surface area contributed by atoms with Crippen LogP contribution in [-0.2, 0) is 32.2 Å². The number of hydrogen-bond donors (Lipinski definition) is 0. The number of imide groups is 1. The molecule has 1 saturated carbocycles. The van der Waals surface area contributed by atoms with Gasteiger partial charge >= 0.3 is 12.2 Å². The summed E-state index contributed by atoms with van der Waals surface area (Å²) >= 11 is 0. The molecule has 4 aromatic rings. The Balaban J connectivity index is 1.48. The number of nitrogens with zero attached hydrogens (tertiary/aromatic N) is 5. The van der Waals surface area contributed by atoms with Gasteiger partial charge in [0.1, 0.15) is 23.6 Å². The molecule has 11 nitrogen and oxygen atoms in total. The van der Waals surface area contributed by atoms with Crippen molar-refractivity contribution in [2.45, 2.75) is 90.2 Å². The van der Waals surface area contributed by atoms with Crippen LogP contribution in [0.3, 0.4) is 0 Å². The molecule has 0 radical (unpaired) electrons. The summed E-state index contributed by atoms with van der Waals surface area (Å²) in [4.78, 5) is 40.6. The van der Waals surface area contributed by atoms with E-state index in [9.17, 15) is 9.59 Å². The van der Waals surface area contributed by atoms with Crippen molar-refractivity contribution < 1.29 is 32.9 Å². The van der Waals surface area contributed by atoms with E-state index >= 15 is 4.39 Å². The summed E-state index contributed by atoms with van der Waals surface area (Å²) in [7, 11) is 0. The molecule has 0 N–H and O–H groups in total. The first kappa shape index (κ1) is 34.6. The highest BCUT2D eigenvalue weighted by molar-refractivity contribution is 6.12. The van der Waals surface area contributed by atoms with Gasteiger partial charge in [0.2, 0.25) is 0 Å². The van der Waals surface area contributed by atoms with Gasteiger partial charge < -0.3 is 23.5 Å². The van der Waals surface area contributed by atoms with Gasteiger partial charge in [-0.1, -0.05) is 67.2 Å². The van der Waals surface area contributed by atoms with E-state index in [2.05, 4.69) is 21.5 Å². The molecule has 0 aliphatic heterocycles. The zero-order chi connectivity index (χ0) is 34.7. The van der Waals surface area contributed by atoms with E-state index in [1.165, 1.54) is 12.7 Å². The minimum absolute atomic E-state index is 0.112. The molecule has 2 amide bonds. The summed E-state index contributed by atoms with van der Waals surface area (Å²) in [5.74, 6) is -0.138. The van der Waals surface area contributed by atoms with Crippen LogP contribution in [0.15, 0.2) is 85.5 Å². The third-order valence-corrected chi connectivity index (χ3v) is 7.64. The van der Waals surface area contributed by atoms with Gasteiger partial charge in [-0.3, -0.25) is 0 Å². The van der Waals surface area contributed by atoms with E-state index in [1.807, 2.05) is 60.7 Å². The minimum atomic E-state index is -2.06. The standard InChI is InChI=1S/C36H42FN5O6/c1-24-27(18-28(46-20-26-16-12-9-13-17-26)36(24,37)21-45-19-25-14-10-8-11-15-25)41-23-40-29-30(41)38-22-39-31(29)42(32(43)47-34(2,3)4)33(44)48-35(5,6)7/h8-17,22-23,27-28H,1,18-21H2,2-7H3/t27-,28+,36+/m1/s1. The second-order valence-electron chi connectivity index (χ2n) is 13.7. The summed E-state index contributed by atoms with van der Waals surface area (Å²) in [6.45, 7) is 14.4. The number of carbonyl (C=O) groups is 2. The largest absolute Gasteiger partial charge is 0.443 e. The molecule has 254 valence electrons. The predicted octanol–water partition coefficient (Wildman–Crippen LogP) is 7.51. The molecule has 3 atom stereocenters. The Hall–Kier alpha value is -4.68. The van der Waals surface area contributed by atoms with Crippen LogP contribution >= 0.6 is 0 Å². The molecule has 48 heavy (non-hydrogen) atoms. The Morgan fingerprint density at radius 2 is 1.46 bits per heavy atom. The fourth-order valence-corrected chi connectivity index (χ4v) is 5.44.